The monoisotopic (exact) mass is 280 g/mol. The Morgan fingerprint density at radius 2 is 2.10 bits per heavy atom. The van der Waals surface area contributed by atoms with Crippen LogP contribution in [-0.2, 0) is 12.8 Å². The van der Waals surface area contributed by atoms with Crippen LogP contribution >= 0.6 is 0 Å². The van der Waals surface area contributed by atoms with Gasteiger partial charge in [-0.05, 0) is 60.0 Å². The summed E-state index contributed by atoms with van der Waals surface area (Å²) in [6, 6.07) is 6.37. The molecule has 1 fully saturated rings. The van der Waals surface area contributed by atoms with Gasteiger partial charge in [0.25, 0.3) is 0 Å². The lowest BCUT2D eigenvalue weighted by atomic mass is 9.63. The fourth-order valence-corrected chi connectivity index (χ4v) is 5.03. The molecule has 1 saturated carbocycles. The molecule has 0 N–H and O–H groups in total. The van der Waals surface area contributed by atoms with Gasteiger partial charge in [-0.15, -0.1) is 0 Å². The lowest BCUT2D eigenvalue weighted by Gasteiger charge is -2.40. The van der Waals surface area contributed by atoms with Crippen LogP contribution in [-0.4, -0.2) is 5.78 Å². The van der Waals surface area contributed by atoms with E-state index in [9.17, 15) is 4.79 Å². The lowest BCUT2D eigenvalue weighted by Crippen LogP contribution is -2.36. The van der Waals surface area contributed by atoms with E-state index in [-0.39, 0.29) is 5.41 Å². The summed E-state index contributed by atoms with van der Waals surface area (Å²) in [4.78, 5) is 12.7. The summed E-state index contributed by atoms with van der Waals surface area (Å²) >= 11 is 0. The summed E-state index contributed by atoms with van der Waals surface area (Å²) in [5.41, 5.74) is 4.06. The van der Waals surface area contributed by atoms with Crippen LogP contribution in [0.4, 0.5) is 0 Å². The van der Waals surface area contributed by atoms with Crippen LogP contribution in [0.3, 0.4) is 0 Å². The summed E-state index contributed by atoms with van der Waals surface area (Å²) in [7, 11) is 0. The number of Topliss-reactive ketones (excluding diaryl/α,β-unsaturated/α-hetero) is 1. The number of carbonyl (C=O) groups excluding carboxylic acids is 1. The summed E-state index contributed by atoms with van der Waals surface area (Å²) in [6.07, 6.45) is 10.3. The number of hydrogen-bond donors (Lipinski definition) is 0. The fraction of sp³-hybridized carbons (Fsp3) is 0.550. The molecule has 4 rings (SSSR count). The third-order valence-corrected chi connectivity index (χ3v) is 5.87. The van der Waals surface area contributed by atoms with Crippen molar-refractivity contribution in [2.24, 2.45) is 23.2 Å². The van der Waals surface area contributed by atoms with Crippen molar-refractivity contribution in [2.75, 3.05) is 0 Å². The van der Waals surface area contributed by atoms with Crippen molar-refractivity contribution in [2.45, 2.75) is 46.0 Å². The van der Waals surface area contributed by atoms with E-state index in [1.807, 2.05) is 0 Å². The van der Waals surface area contributed by atoms with Crippen LogP contribution in [0.15, 0.2) is 30.4 Å². The zero-order valence-corrected chi connectivity index (χ0v) is 13.1. The van der Waals surface area contributed by atoms with Gasteiger partial charge in [0.2, 0.25) is 0 Å². The number of hydrogen-bond acceptors (Lipinski definition) is 1. The highest BCUT2D eigenvalue weighted by atomic mass is 16.1. The van der Waals surface area contributed by atoms with E-state index in [4.69, 9.17) is 0 Å². The fourth-order valence-electron chi connectivity index (χ4n) is 5.03. The van der Waals surface area contributed by atoms with Crippen molar-refractivity contribution in [3.05, 3.63) is 47.0 Å². The van der Waals surface area contributed by atoms with E-state index in [1.165, 1.54) is 24.0 Å². The van der Waals surface area contributed by atoms with E-state index in [0.29, 0.717) is 17.6 Å². The first-order valence-corrected chi connectivity index (χ1v) is 8.40. The average molecular weight is 280 g/mol. The van der Waals surface area contributed by atoms with Crippen molar-refractivity contribution >= 4 is 5.78 Å². The molecule has 3 atom stereocenters. The molecule has 1 aromatic carbocycles. The minimum atomic E-state index is 0.247. The Balaban J connectivity index is 1.76. The second-order valence-electron chi connectivity index (χ2n) is 7.87. The normalized spacial score (nSPS) is 33.2. The first-order chi connectivity index (χ1) is 10.1. The highest BCUT2D eigenvalue weighted by molar-refractivity contribution is 5.99. The molecule has 3 aliphatic carbocycles. The average Bonchev–Trinajstić information content (AvgIpc) is 3.00. The Bertz CT molecular complexity index is 625. The first-order valence-electron chi connectivity index (χ1n) is 8.40. The van der Waals surface area contributed by atoms with Crippen LogP contribution in [0.2, 0.25) is 0 Å². The van der Waals surface area contributed by atoms with E-state index in [0.717, 1.165) is 30.7 Å². The molecule has 0 aromatic heterocycles. The van der Waals surface area contributed by atoms with Crippen LogP contribution in [0, 0.1) is 23.2 Å². The van der Waals surface area contributed by atoms with E-state index in [2.05, 4.69) is 44.2 Å². The molecule has 1 nitrogen and oxygen atoms in total. The smallest absolute Gasteiger partial charge is 0.163 e. The van der Waals surface area contributed by atoms with Gasteiger partial charge in [0.05, 0.1) is 0 Å². The molecule has 3 aliphatic rings. The maximum absolute atomic E-state index is 12.7. The Morgan fingerprint density at radius 3 is 2.76 bits per heavy atom. The number of carbonyl (C=O) groups is 1. The Labute approximate surface area is 127 Å². The number of ketones is 1. The van der Waals surface area contributed by atoms with Crippen LogP contribution < -0.4 is 0 Å². The van der Waals surface area contributed by atoms with Crippen molar-refractivity contribution in [1.82, 2.24) is 0 Å². The molecule has 0 aliphatic heterocycles. The van der Waals surface area contributed by atoms with Gasteiger partial charge < -0.3 is 0 Å². The predicted octanol–water partition coefficient (Wildman–Crippen LogP) is 4.60. The number of fused-ring (bicyclic) bond motifs is 4. The molecule has 0 amide bonds. The summed E-state index contributed by atoms with van der Waals surface area (Å²) in [5.74, 6) is 2.42. The summed E-state index contributed by atoms with van der Waals surface area (Å²) in [6.45, 7) is 4.53. The molecule has 1 aromatic rings. The topological polar surface area (TPSA) is 17.1 Å². The maximum atomic E-state index is 12.7. The van der Waals surface area contributed by atoms with Gasteiger partial charge in [0.1, 0.15) is 0 Å². The molecule has 1 spiro atoms. The number of allylic oxidation sites excluding steroid dienone is 2. The predicted molar refractivity (Wildman–Crippen MR) is 85.4 cm³/mol. The standard InChI is InChI=1S/C20H24O/c1-13(2)8-15-4-3-5-17-18(15)11-20(12-19(17)21)10-14-6-7-16(20)9-14/h3-7,13-14,16H,8-12H2,1-2H3. The third kappa shape index (κ3) is 2.01. The minimum Gasteiger partial charge on any atom is -0.294 e. The van der Waals surface area contributed by atoms with Crippen LogP contribution in [0.25, 0.3) is 0 Å². The van der Waals surface area contributed by atoms with Gasteiger partial charge in [-0.1, -0.05) is 44.2 Å². The molecule has 0 saturated heterocycles. The van der Waals surface area contributed by atoms with Crippen molar-refractivity contribution in [1.29, 1.82) is 0 Å². The molecule has 1 heteroatoms. The Morgan fingerprint density at radius 1 is 1.24 bits per heavy atom. The van der Waals surface area contributed by atoms with Crippen molar-refractivity contribution in [3.8, 4) is 0 Å². The first kappa shape index (κ1) is 13.3. The van der Waals surface area contributed by atoms with Crippen LogP contribution in [0.5, 0.6) is 0 Å². The van der Waals surface area contributed by atoms with E-state index in [1.54, 1.807) is 0 Å². The summed E-state index contributed by atoms with van der Waals surface area (Å²) in [5, 5.41) is 0. The maximum Gasteiger partial charge on any atom is 0.163 e. The van der Waals surface area contributed by atoms with Crippen molar-refractivity contribution in [3.63, 3.8) is 0 Å². The zero-order chi connectivity index (χ0) is 14.6. The zero-order valence-electron chi connectivity index (χ0n) is 13.1. The van der Waals surface area contributed by atoms with E-state index >= 15 is 0 Å². The summed E-state index contributed by atoms with van der Waals surface area (Å²) < 4.78 is 0. The quantitative estimate of drug-likeness (QED) is 0.724. The second-order valence-corrected chi connectivity index (χ2v) is 7.87. The third-order valence-electron chi connectivity index (χ3n) is 5.87. The van der Waals surface area contributed by atoms with Gasteiger partial charge in [0, 0.05) is 12.0 Å². The highest BCUT2D eigenvalue weighted by Gasteiger charge is 2.51. The van der Waals surface area contributed by atoms with Gasteiger partial charge in [-0.3, -0.25) is 4.79 Å². The molecule has 110 valence electrons. The Hall–Kier alpha value is -1.37. The molecule has 21 heavy (non-hydrogen) atoms. The second kappa shape index (κ2) is 4.56. The molecule has 0 heterocycles. The number of benzene rings is 1. The SMILES string of the molecule is CC(C)Cc1cccc2c1CC1(CC2=O)CC2C=CC1C2. The van der Waals surface area contributed by atoms with Gasteiger partial charge in [-0.25, -0.2) is 0 Å². The van der Waals surface area contributed by atoms with Crippen LogP contribution in [0.1, 0.15) is 54.6 Å². The lowest BCUT2D eigenvalue weighted by molar-refractivity contribution is 0.0847. The highest BCUT2D eigenvalue weighted by Crippen LogP contribution is 2.58. The molecule has 3 unspecified atom stereocenters. The van der Waals surface area contributed by atoms with E-state index < -0.39 is 0 Å². The molecule has 0 radical (unpaired) electrons. The molecular formula is C20H24O. The van der Waals surface area contributed by atoms with Crippen molar-refractivity contribution < 1.29 is 4.79 Å². The number of rotatable bonds is 2. The minimum absolute atomic E-state index is 0.247. The molecule has 2 bridgehead atoms. The van der Waals surface area contributed by atoms with Gasteiger partial charge in [-0.2, -0.15) is 0 Å². The molecular weight excluding hydrogens is 256 g/mol. The Kier molecular flexibility index (Phi) is 2.89. The largest absolute Gasteiger partial charge is 0.294 e. The van der Waals surface area contributed by atoms with Gasteiger partial charge >= 0.3 is 0 Å². The van der Waals surface area contributed by atoms with Gasteiger partial charge in [0.15, 0.2) is 5.78 Å².